The first-order valence-electron chi connectivity index (χ1n) is 14.9. The van der Waals surface area contributed by atoms with E-state index in [9.17, 15) is 14.0 Å². The van der Waals surface area contributed by atoms with Crippen molar-refractivity contribution in [1.29, 1.82) is 0 Å². The minimum atomic E-state index is -0.696. The molecule has 3 rings (SSSR count). The number of nitrogens with zero attached hydrogens (tertiary/aromatic N) is 2. The number of ether oxygens (including phenoxy) is 1. The Kier molecular flexibility index (Phi) is 12.6. The summed E-state index contributed by atoms with van der Waals surface area (Å²) in [6, 6.07) is 10.7. The summed E-state index contributed by atoms with van der Waals surface area (Å²) >= 11 is 6.52. The number of carbonyl (C=O) groups excluding carboxylic acids is 2. The molecule has 2 aromatic rings. The molecule has 1 unspecified atom stereocenters. The Balaban J connectivity index is 1.87. The van der Waals surface area contributed by atoms with Crippen LogP contribution in [0.15, 0.2) is 53.5 Å². The average molecular weight is 614 g/mol. The predicted molar refractivity (Wildman–Crippen MR) is 174 cm³/mol. The van der Waals surface area contributed by atoms with Gasteiger partial charge < -0.3 is 25.6 Å². The van der Waals surface area contributed by atoms with Crippen molar-refractivity contribution >= 4 is 46.3 Å². The number of anilines is 2. The van der Waals surface area contributed by atoms with E-state index in [1.165, 1.54) is 6.07 Å². The van der Waals surface area contributed by atoms with Crippen LogP contribution in [0, 0.1) is 11.7 Å². The number of nitrogens with one attached hydrogen (secondary N) is 3. The minimum absolute atomic E-state index is 0.0721. The van der Waals surface area contributed by atoms with Crippen molar-refractivity contribution in [1.82, 2.24) is 10.2 Å². The number of hydrogen-bond acceptors (Lipinski definition) is 4. The van der Waals surface area contributed by atoms with E-state index in [2.05, 4.69) is 43.6 Å². The van der Waals surface area contributed by atoms with Crippen molar-refractivity contribution in [3.63, 3.8) is 0 Å². The molecule has 1 heterocycles. The summed E-state index contributed by atoms with van der Waals surface area (Å²) < 4.78 is 20.2. The first-order chi connectivity index (χ1) is 20.4. The number of amidine groups is 1. The van der Waals surface area contributed by atoms with Crippen molar-refractivity contribution in [2.75, 3.05) is 37.4 Å². The Bertz CT molecular complexity index is 1310. The van der Waals surface area contributed by atoms with Crippen molar-refractivity contribution in [2.45, 2.75) is 71.9 Å². The van der Waals surface area contributed by atoms with E-state index < -0.39 is 11.8 Å². The molecule has 0 bridgehead atoms. The Morgan fingerprint density at radius 2 is 1.93 bits per heavy atom. The van der Waals surface area contributed by atoms with Crippen LogP contribution in [0.5, 0.6) is 0 Å². The van der Waals surface area contributed by atoms with Crippen LogP contribution < -0.4 is 16.0 Å². The van der Waals surface area contributed by atoms with Crippen LogP contribution in [0.1, 0.15) is 65.9 Å². The van der Waals surface area contributed by atoms with Gasteiger partial charge in [-0.3, -0.25) is 9.79 Å². The molecular weight excluding hydrogens is 569 g/mol. The molecule has 2 atom stereocenters. The highest BCUT2D eigenvalue weighted by Gasteiger charge is 2.30. The Labute approximate surface area is 260 Å². The number of amides is 3. The van der Waals surface area contributed by atoms with E-state index in [0.29, 0.717) is 49.4 Å². The van der Waals surface area contributed by atoms with Gasteiger partial charge in [-0.05, 0) is 77.1 Å². The first-order valence-corrected chi connectivity index (χ1v) is 15.2. The van der Waals surface area contributed by atoms with Gasteiger partial charge in [-0.15, -0.1) is 0 Å². The van der Waals surface area contributed by atoms with E-state index in [1.54, 1.807) is 31.4 Å². The first kappa shape index (κ1) is 34.1. The van der Waals surface area contributed by atoms with Crippen LogP contribution in [0.3, 0.4) is 0 Å². The molecule has 234 valence electrons. The fourth-order valence-corrected chi connectivity index (χ4v) is 5.33. The molecule has 2 aromatic carbocycles. The summed E-state index contributed by atoms with van der Waals surface area (Å²) in [6.45, 7) is 12.0. The second kappa shape index (κ2) is 15.9. The number of likely N-dealkylation sites (N-methyl/N-ethyl adjacent to an activating group) is 1. The third-order valence-electron chi connectivity index (χ3n) is 6.98. The second-order valence-corrected chi connectivity index (χ2v) is 12.4. The van der Waals surface area contributed by atoms with Crippen LogP contribution in [-0.4, -0.2) is 61.1 Å². The highest BCUT2D eigenvalue weighted by molar-refractivity contribution is 6.35. The lowest BCUT2D eigenvalue weighted by Crippen LogP contribution is -2.47. The molecule has 3 N–H and O–H groups in total. The molecule has 0 saturated carbocycles. The Morgan fingerprint density at radius 1 is 1.21 bits per heavy atom. The third-order valence-corrected chi connectivity index (χ3v) is 7.30. The van der Waals surface area contributed by atoms with Gasteiger partial charge in [0.25, 0.3) is 5.91 Å². The van der Waals surface area contributed by atoms with Crippen LogP contribution >= 0.6 is 11.6 Å². The summed E-state index contributed by atoms with van der Waals surface area (Å²) in [5.74, 6) is 0.227. The lowest BCUT2D eigenvalue weighted by Gasteiger charge is -2.35. The number of halogens is 2. The molecule has 0 aliphatic carbocycles. The lowest BCUT2D eigenvalue weighted by molar-refractivity contribution is -0.127. The normalized spacial score (nSPS) is 18.3. The molecule has 43 heavy (non-hydrogen) atoms. The van der Waals surface area contributed by atoms with E-state index in [4.69, 9.17) is 21.3 Å². The molecule has 1 aliphatic rings. The number of benzene rings is 2. The SMILES string of the molecule is CCN1C(=O)/C(c2cc(NC(=O)Nc3ccccc3)c(F)cc2Cl)=C\CCCC1CC(=NC[C@@H](C)COC)NC(C)(C)C. The number of urea groups is 1. The highest BCUT2D eigenvalue weighted by atomic mass is 35.5. The quantitative estimate of drug-likeness (QED) is 0.193. The van der Waals surface area contributed by atoms with Gasteiger partial charge in [-0.2, -0.15) is 0 Å². The fraction of sp³-hybridized carbons (Fsp3) is 0.485. The molecule has 3 amide bonds. The molecule has 0 aromatic heterocycles. The maximum Gasteiger partial charge on any atom is 0.323 e. The van der Waals surface area contributed by atoms with Gasteiger partial charge in [0.2, 0.25) is 0 Å². The standard InChI is InChI=1S/C33H45ClFN5O3/c1-7-40-24(17-30(39-33(3,4)5)36-20-22(2)21-43-6)15-11-12-16-25(31(40)41)26-18-29(28(35)19-27(26)34)38-32(42)37-23-13-9-8-10-14-23/h8-10,13-14,16,18-19,22,24H,7,11-12,15,17,20-21H2,1-6H3,(H,36,39)(H2,37,38,42)/b25-16-/t22-,24?/m1/s1. The highest BCUT2D eigenvalue weighted by Crippen LogP contribution is 2.33. The Hall–Kier alpha value is -3.43. The number of aliphatic imine (C=N–C) groups is 1. The monoisotopic (exact) mass is 613 g/mol. The fourth-order valence-electron chi connectivity index (χ4n) is 5.07. The van der Waals surface area contributed by atoms with Gasteiger partial charge in [-0.25, -0.2) is 9.18 Å². The number of rotatable bonds is 10. The van der Waals surface area contributed by atoms with Crippen LogP contribution in [0.2, 0.25) is 5.02 Å². The summed E-state index contributed by atoms with van der Waals surface area (Å²) in [7, 11) is 1.69. The third kappa shape index (κ3) is 10.4. The zero-order valence-corrected chi connectivity index (χ0v) is 26.9. The van der Waals surface area contributed by atoms with Crippen molar-refractivity contribution in [3.05, 3.63) is 64.9 Å². The topological polar surface area (TPSA) is 95.1 Å². The zero-order chi connectivity index (χ0) is 31.6. The molecule has 10 heteroatoms. The summed E-state index contributed by atoms with van der Waals surface area (Å²) in [4.78, 5) is 33.5. The summed E-state index contributed by atoms with van der Waals surface area (Å²) in [5.41, 5.74) is 1.05. The van der Waals surface area contributed by atoms with Crippen molar-refractivity contribution in [3.8, 4) is 0 Å². The molecular formula is C33H45ClFN5O3. The van der Waals surface area contributed by atoms with Gasteiger partial charge in [-0.1, -0.05) is 42.8 Å². The molecule has 0 spiro atoms. The van der Waals surface area contributed by atoms with E-state index in [0.717, 1.165) is 24.7 Å². The largest absolute Gasteiger partial charge is 0.384 e. The average Bonchev–Trinajstić information content (AvgIpc) is 2.92. The van der Waals surface area contributed by atoms with E-state index in [-0.39, 0.29) is 34.1 Å². The van der Waals surface area contributed by atoms with Gasteiger partial charge in [0.15, 0.2) is 0 Å². The molecule has 0 radical (unpaired) electrons. The van der Waals surface area contributed by atoms with E-state index >= 15 is 0 Å². The van der Waals surface area contributed by atoms with Crippen LogP contribution in [0.4, 0.5) is 20.6 Å². The predicted octanol–water partition coefficient (Wildman–Crippen LogP) is 7.37. The van der Waals surface area contributed by atoms with Crippen LogP contribution in [-0.2, 0) is 9.53 Å². The number of methoxy groups -OCH3 is 1. The van der Waals surface area contributed by atoms with Crippen molar-refractivity contribution < 1.29 is 18.7 Å². The van der Waals surface area contributed by atoms with Crippen molar-refractivity contribution in [2.24, 2.45) is 10.9 Å². The lowest BCUT2D eigenvalue weighted by atomic mass is 9.94. The molecule has 0 saturated heterocycles. The smallest absolute Gasteiger partial charge is 0.323 e. The molecule has 0 fully saturated rings. The summed E-state index contributed by atoms with van der Waals surface area (Å²) in [6.07, 6.45) is 4.76. The van der Waals surface area contributed by atoms with Gasteiger partial charge >= 0.3 is 6.03 Å². The molecule has 1 aliphatic heterocycles. The number of carbonyl (C=O) groups is 2. The van der Waals surface area contributed by atoms with Gasteiger partial charge in [0.1, 0.15) is 5.82 Å². The Morgan fingerprint density at radius 3 is 2.58 bits per heavy atom. The second-order valence-electron chi connectivity index (χ2n) is 12.0. The van der Waals surface area contributed by atoms with Crippen LogP contribution in [0.25, 0.3) is 5.57 Å². The number of para-hydroxylation sites is 1. The maximum atomic E-state index is 14.9. The maximum absolute atomic E-state index is 14.9. The molecule has 8 nitrogen and oxygen atoms in total. The van der Waals surface area contributed by atoms with E-state index in [1.807, 2.05) is 24.0 Å². The van der Waals surface area contributed by atoms with Gasteiger partial charge in [0.05, 0.1) is 23.2 Å². The zero-order valence-electron chi connectivity index (χ0n) is 26.1. The minimum Gasteiger partial charge on any atom is -0.384 e. The number of allylic oxidation sites excluding steroid dienone is 1. The van der Waals surface area contributed by atoms with Gasteiger partial charge in [0, 0.05) is 55.0 Å². The number of hydrogen-bond donors (Lipinski definition) is 3. The summed E-state index contributed by atoms with van der Waals surface area (Å²) in [5, 5.41) is 8.87.